The van der Waals surface area contributed by atoms with Gasteiger partial charge >= 0.3 is 0 Å². The van der Waals surface area contributed by atoms with Gasteiger partial charge in [0.15, 0.2) is 12.3 Å². The molecule has 3 aromatic carbocycles. The summed E-state index contributed by atoms with van der Waals surface area (Å²) in [7, 11) is -2.37. The maximum atomic E-state index is 7.97. The predicted octanol–water partition coefficient (Wildman–Crippen LogP) is 3.40. The first kappa shape index (κ1) is 17.3. The quantitative estimate of drug-likeness (QED) is 0.317. The van der Waals surface area contributed by atoms with Gasteiger partial charge in [-0.2, -0.15) is 0 Å². The van der Waals surface area contributed by atoms with Crippen LogP contribution < -0.4 is 21.6 Å². The van der Waals surface area contributed by atoms with Crippen molar-refractivity contribution in [3.63, 3.8) is 0 Å². The second-order valence-electron chi connectivity index (χ2n) is 5.52. The summed E-state index contributed by atoms with van der Waals surface area (Å²) < 4.78 is 0. The van der Waals surface area contributed by atoms with Crippen molar-refractivity contribution in [2.24, 2.45) is 5.73 Å². The molecule has 3 aromatic rings. The van der Waals surface area contributed by atoms with Crippen LogP contribution in [0.4, 0.5) is 0 Å². The first-order valence-corrected chi connectivity index (χ1v) is 10.1. The second kappa shape index (κ2) is 7.55. The molecule has 0 fully saturated rings. The van der Waals surface area contributed by atoms with E-state index in [0.29, 0.717) is 5.31 Å². The Kier molecular flexibility index (Phi) is 5.21. The molecule has 25 heavy (non-hydrogen) atoms. The lowest BCUT2D eigenvalue weighted by molar-refractivity contribution is 1.59. The summed E-state index contributed by atoms with van der Waals surface area (Å²) in [6.07, 6.45) is 0. The highest BCUT2D eigenvalue weighted by Crippen LogP contribution is 2.61. The van der Waals surface area contributed by atoms with Crippen LogP contribution in [0.2, 0.25) is 0 Å². The Balaban J connectivity index is 2.49. The summed E-state index contributed by atoms with van der Waals surface area (Å²) in [5, 5.41) is 11.9. The topological polar surface area (TPSA) is 49.9 Å². The predicted molar refractivity (Wildman–Crippen MR) is 113 cm³/mol. The Morgan fingerprint density at radius 1 is 0.720 bits per heavy atom. The highest BCUT2D eigenvalue weighted by atomic mass is 32.1. The molecule has 0 unspecified atom stereocenters. The normalized spacial score (nSPS) is 10.7. The van der Waals surface area contributed by atoms with Gasteiger partial charge in [-0.3, -0.25) is 5.41 Å². The molecular formula is C21H18N2PS+. The van der Waals surface area contributed by atoms with E-state index < -0.39 is 7.26 Å². The maximum absolute atomic E-state index is 7.97. The molecule has 0 aromatic heterocycles. The molecule has 0 saturated carbocycles. The van der Waals surface area contributed by atoms with E-state index in [-0.39, 0.29) is 4.99 Å². The van der Waals surface area contributed by atoms with Crippen molar-refractivity contribution >= 4 is 46.3 Å². The first-order chi connectivity index (χ1) is 12.2. The fourth-order valence-electron chi connectivity index (χ4n) is 3.10. The van der Waals surface area contributed by atoms with Crippen LogP contribution in [0.25, 0.3) is 0 Å². The van der Waals surface area contributed by atoms with Crippen molar-refractivity contribution in [1.82, 2.24) is 0 Å². The molecule has 0 radical (unpaired) electrons. The van der Waals surface area contributed by atoms with Gasteiger partial charge in [-0.05, 0) is 36.4 Å². The number of hydrogen-bond donors (Lipinski definition) is 2. The van der Waals surface area contributed by atoms with Crippen LogP contribution in [-0.2, 0) is 0 Å². The number of benzene rings is 3. The Morgan fingerprint density at radius 3 is 1.28 bits per heavy atom. The zero-order valence-electron chi connectivity index (χ0n) is 13.6. The molecule has 0 saturated heterocycles. The molecule has 0 heterocycles. The summed E-state index contributed by atoms with van der Waals surface area (Å²) in [5.74, 6) is 2.59. The third kappa shape index (κ3) is 3.06. The molecule has 122 valence electrons. The van der Waals surface area contributed by atoms with Crippen molar-refractivity contribution in [3.8, 4) is 0 Å². The van der Waals surface area contributed by atoms with Crippen LogP contribution in [0, 0.1) is 5.41 Å². The van der Waals surface area contributed by atoms with Gasteiger partial charge in [0, 0.05) is 5.87 Å². The Morgan fingerprint density at radius 2 is 1.04 bits per heavy atom. The van der Waals surface area contributed by atoms with Gasteiger partial charge in [-0.25, -0.2) is 0 Å². The lowest BCUT2D eigenvalue weighted by Gasteiger charge is -2.27. The smallest absolute Gasteiger partial charge is 0.203 e. The van der Waals surface area contributed by atoms with Crippen LogP contribution in [0.3, 0.4) is 0 Å². The molecule has 0 amide bonds. The van der Waals surface area contributed by atoms with E-state index in [0.717, 1.165) is 15.9 Å². The lowest BCUT2D eigenvalue weighted by atomic mass is 10.4. The van der Waals surface area contributed by atoms with E-state index >= 15 is 0 Å². The fourth-order valence-corrected chi connectivity index (χ4v) is 7.59. The van der Waals surface area contributed by atoms with Crippen LogP contribution in [-0.4, -0.2) is 10.9 Å². The average Bonchev–Trinajstić information content (AvgIpc) is 2.68. The van der Waals surface area contributed by atoms with Crippen LogP contribution in [0.5, 0.6) is 0 Å². The SMILES string of the molecule is N=C=C(C(N)=S)[P+](c1ccccc1)(c1ccccc1)c1ccccc1. The fraction of sp³-hybridized carbons (Fsp3) is 0. The number of nitrogens with one attached hydrogen (secondary N) is 1. The number of hydrogen-bond acceptors (Lipinski definition) is 2. The van der Waals surface area contributed by atoms with Gasteiger partial charge in [-0.15, -0.1) is 0 Å². The molecule has 0 aliphatic rings. The maximum Gasteiger partial charge on any atom is 0.203 e. The molecule has 0 aliphatic carbocycles. The minimum atomic E-state index is -2.37. The minimum Gasteiger partial charge on any atom is -0.386 e. The highest BCUT2D eigenvalue weighted by Gasteiger charge is 2.51. The lowest BCUT2D eigenvalue weighted by Crippen LogP contribution is -2.36. The highest BCUT2D eigenvalue weighted by molar-refractivity contribution is 8.01. The summed E-state index contributed by atoms with van der Waals surface area (Å²) >= 11 is 5.35. The third-order valence-electron chi connectivity index (χ3n) is 4.12. The molecule has 0 aliphatic heterocycles. The molecule has 2 nitrogen and oxygen atoms in total. The Labute approximate surface area is 153 Å². The standard InChI is InChI=1S/C21H17N2PS/c22-16-20(21(23)25)24(17-10-4-1-5-11-17,18-12-6-2-7-13-18)19-14-8-3-9-15-19/h1-15,22H,(H-,23,25)/p+1. The van der Waals surface area contributed by atoms with E-state index in [9.17, 15) is 0 Å². The second-order valence-corrected chi connectivity index (χ2v) is 9.29. The molecule has 0 bridgehead atoms. The van der Waals surface area contributed by atoms with Crippen molar-refractivity contribution in [1.29, 1.82) is 5.41 Å². The summed E-state index contributed by atoms with van der Waals surface area (Å²) in [6.45, 7) is 0. The van der Waals surface area contributed by atoms with Gasteiger partial charge in [0.2, 0.25) is 5.31 Å². The molecule has 0 spiro atoms. The van der Waals surface area contributed by atoms with E-state index in [1.807, 2.05) is 54.6 Å². The van der Waals surface area contributed by atoms with Crippen LogP contribution in [0.15, 0.2) is 96.3 Å². The molecule has 3 rings (SSSR count). The van der Waals surface area contributed by atoms with Gasteiger partial charge in [0.1, 0.15) is 15.9 Å². The summed E-state index contributed by atoms with van der Waals surface area (Å²) in [6, 6.07) is 30.6. The number of thiocarbonyl (C=S) groups is 1. The van der Waals surface area contributed by atoms with E-state index in [1.54, 1.807) is 0 Å². The van der Waals surface area contributed by atoms with Crippen molar-refractivity contribution in [2.75, 3.05) is 0 Å². The van der Waals surface area contributed by atoms with Gasteiger partial charge in [-0.1, -0.05) is 66.8 Å². The molecular weight excluding hydrogens is 343 g/mol. The van der Waals surface area contributed by atoms with Gasteiger partial charge in [0.25, 0.3) is 0 Å². The molecule has 4 heteroatoms. The minimum absolute atomic E-state index is 0.222. The van der Waals surface area contributed by atoms with Crippen molar-refractivity contribution in [2.45, 2.75) is 0 Å². The number of rotatable bonds is 5. The van der Waals surface area contributed by atoms with Crippen molar-refractivity contribution in [3.05, 3.63) is 96.3 Å². The molecule has 0 atom stereocenters. The number of nitrogens with two attached hydrogens (primary N) is 1. The first-order valence-electron chi connectivity index (χ1n) is 7.87. The van der Waals surface area contributed by atoms with Crippen LogP contribution in [0.1, 0.15) is 0 Å². The van der Waals surface area contributed by atoms with E-state index in [1.165, 1.54) is 0 Å². The van der Waals surface area contributed by atoms with E-state index in [2.05, 4.69) is 42.3 Å². The summed E-state index contributed by atoms with van der Waals surface area (Å²) in [4.78, 5) is 0.222. The zero-order valence-corrected chi connectivity index (χ0v) is 15.3. The summed E-state index contributed by atoms with van der Waals surface area (Å²) in [5.41, 5.74) is 6.09. The van der Waals surface area contributed by atoms with Gasteiger partial charge in [0.05, 0.1) is 0 Å². The average molecular weight is 361 g/mol. The Bertz CT molecular complexity index is 821. The monoisotopic (exact) mass is 361 g/mol. The largest absolute Gasteiger partial charge is 0.386 e. The van der Waals surface area contributed by atoms with Crippen molar-refractivity contribution < 1.29 is 0 Å². The molecule has 3 N–H and O–H groups in total. The third-order valence-corrected chi connectivity index (χ3v) is 8.71. The van der Waals surface area contributed by atoms with E-state index in [4.69, 9.17) is 23.4 Å². The van der Waals surface area contributed by atoms with Crippen LogP contribution >= 0.6 is 19.5 Å². The zero-order chi connectivity index (χ0) is 17.7. The Hall–Kier alpha value is -2.57. The van der Waals surface area contributed by atoms with Gasteiger partial charge < -0.3 is 5.73 Å².